The van der Waals surface area contributed by atoms with Crippen molar-refractivity contribution in [3.05, 3.63) is 29.3 Å². The second-order valence-electron chi connectivity index (χ2n) is 3.03. The molecular weight excluding hydrogens is 184 g/mol. The van der Waals surface area contributed by atoms with Gasteiger partial charge in [0.25, 0.3) is 0 Å². The minimum Gasteiger partial charge on any atom is -0.508 e. The molecule has 0 unspecified atom stereocenters. The van der Waals surface area contributed by atoms with E-state index in [1.807, 2.05) is 0 Å². The predicted molar refractivity (Wildman–Crippen MR) is 49.2 cm³/mol. The highest BCUT2D eigenvalue weighted by atomic mass is 16.4. The molecular formula is C10H10O4. The van der Waals surface area contributed by atoms with E-state index in [-0.39, 0.29) is 12.2 Å². The van der Waals surface area contributed by atoms with Crippen molar-refractivity contribution in [1.29, 1.82) is 0 Å². The summed E-state index contributed by atoms with van der Waals surface area (Å²) in [5.74, 6) is -2.26. The molecule has 1 aromatic rings. The predicted octanol–water partition coefficient (Wildman–Crippen LogP) is 0.897. The number of aromatic hydroxyl groups is 1. The maximum absolute atomic E-state index is 10.8. The number of carbonyl (C=O) groups is 2. The van der Waals surface area contributed by atoms with Crippen molar-refractivity contribution in [3.8, 4) is 5.75 Å². The topological polar surface area (TPSA) is 74.6 Å². The zero-order chi connectivity index (χ0) is 10.7. The summed E-state index contributed by atoms with van der Waals surface area (Å²) in [6.07, 6.45) is -0.191. The van der Waals surface area contributed by atoms with Crippen LogP contribution < -0.4 is 0 Å². The summed E-state index contributed by atoms with van der Waals surface area (Å²) >= 11 is 0. The molecule has 0 aliphatic heterocycles. The Morgan fingerprint density at radius 3 is 2.50 bits per heavy atom. The van der Waals surface area contributed by atoms with Crippen LogP contribution in [-0.2, 0) is 16.0 Å². The van der Waals surface area contributed by atoms with Crippen molar-refractivity contribution >= 4 is 11.8 Å². The van der Waals surface area contributed by atoms with E-state index in [2.05, 4.69) is 0 Å². The first-order valence-corrected chi connectivity index (χ1v) is 4.05. The highest BCUT2D eigenvalue weighted by molar-refractivity contribution is 6.33. The SMILES string of the molecule is Cc1ccc(CC(=O)C(=O)O)cc1O. The van der Waals surface area contributed by atoms with Crippen LogP contribution in [-0.4, -0.2) is 22.0 Å². The molecule has 14 heavy (non-hydrogen) atoms. The van der Waals surface area contributed by atoms with Crippen molar-refractivity contribution in [2.75, 3.05) is 0 Å². The Balaban J connectivity index is 2.83. The maximum atomic E-state index is 10.8. The van der Waals surface area contributed by atoms with Gasteiger partial charge in [0.15, 0.2) is 0 Å². The van der Waals surface area contributed by atoms with E-state index in [1.54, 1.807) is 19.1 Å². The number of ketones is 1. The number of hydrogen-bond acceptors (Lipinski definition) is 3. The molecule has 0 saturated carbocycles. The Hall–Kier alpha value is -1.84. The number of carbonyl (C=O) groups excluding carboxylic acids is 1. The molecule has 0 fully saturated rings. The van der Waals surface area contributed by atoms with Crippen LogP contribution in [0.3, 0.4) is 0 Å². The Kier molecular flexibility index (Phi) is 2.86. The molecule has 0 aliphatic carbocycles. The summed E-state index contributed by atoms with van der Waals surface area (Å²) in [4.78, 5) is 21.1. The number of Topliss-reactive ketones (excluding diaryl/α,β-unsaturated/α-hetero) is 1. The number of aryl methyl sites for hydroxylation is 1. The molecule has 2 N–H and O–H groups in total. The molecule has 0 atom stereocenters. The number of hydrogen-bond donors (Lipinski definition) is 2. The van der Waals surface area contributed by atoms with Gasteiger partial charge in [-0.3, -0.25) is 4.79 Å². The lowest BCUT2D eigenvalue weighted by atomic mass is 10.1. The van der Waals surface area contributed by atoms with E-state index in [0.29, 0.717) is 11.1 Å². The largest absolute Gasteiger partial charge is 0.508 e. The first kappa shape index (κ1) is 10.2. The quantitative estimate of drug-likeness (QED) is 0.701. The highest BCUT2D eigenvalue weighted by Crippen LogP contribution is 2.17. The van der Waals surface area contributed by atoms with Gasteiger partial charge < -0.3 is 10.2 Å². The van der Waals surface area contributed by atoms with Gasteiger partial charge in [-0.05, 0) is 24.1 Å². The van der Waals surface area contributed by atoms with Gasteiger partial charge in [0.2, 0.25) is 5.78 Å². The molecule has 0 saturated heterocycles. The fourth-order valence-corrected chi connectivity index (χ4v) is 1.03. The average molecular weight is 194 g/mol. The van der Waals surface area contributed by atoms with Crippen molar-refractivity contribution < 1.29 is 19.8 Å². The summed E-state index contributed by atoms with van der Waals surface area (Å²) in [5.41, 5.74) is 1.19. The van der Waals surface area contributed by atoms with Crippen LogP contribution in [0, 0.1) is 6.92 Å². The third-order valence-corrected chi connectivity index (χ3v) is 1.88. The third-order valence-electron chi connectivity index (χ3n) is 1.88. The summed E-state index contributed by atoms with van der Waals surface area (Å²) in [7, 11) is 0. The minimum atomic E-state index is -1.45. The molecule has 0 spiro atoms. The maximum Gasteiger partial charge on any atom is 0.372 e. The van der Waals surface area contributed by atoms with Crippen molar-refractivity contribution in [2.24, 2.45) is 0 Å². The Labute approximate surface area is 80.8 Å². The smallest absolute Gasteiger partial charge is 0.372 e. The van der Waals surface area contributed by atoms with Crippen LogP contribution >= 0.6 is 0 Å². The van der Waals surface area contributed by atoms with Crippen LogP contribution in [0.4, 0.5) is 0 Å². The number of benzene rings is 1. The van der Waals surface area contributed by atoms with Gasteiger partial charge in [0.1, 0.15) is 5.75 Å². The van der Waals surface area contributed by atoms with Crippen LogP contribution in [0.5, 0.6) is 5.75 Å². The van der Waals surface area contributed by atoms with Crippen molar-refractivity contribution in [2.45, 2.75) is 13.3 Å². The molecule has 0 heterocycles. The lowest BCUT2D eigenvalue weighted by Gasteiger charge is -2.01. The zero-order valence-corrected chi connectivity index (χ0v) is 7.65. The van der Waals surface area contributed by atoms with Gasteiger partial charge in [-0.15, -0.1) is 0 Å². The standard InChI is InChI=1S/C10H10O4/c1-6-2-3-7(4-8(6)11)5-9(12)10(13)14/h2-4,11H,5H2,1H3,(H,13,14). The number of rotatable bonds is 3. The number of aliphatic carboxylic acids is 1. The van der Waals surface area contributed by atoms with Crippen LogP contribution in [0.15, 0.2) is 18.2 Å². The molecule has 1 aromatic carbocycles. The first-order chi connectivity index (χ1) is 6.50. The van der Waals surface area contributed by atoms with Crippen molar-refractivity contribution in [1.82, 2.24) is 0 Å². The zero-order valence-electron chi connectivity index (χ0n) is 7.65. The normalized spacial score (nSPS) is 9.79. The monoisotopic (exact) mass is 194 g/mol. The highest BCUT2D eigenvalue weighted by Gasteiger charge is 2.12. The molecule has 1 rings (SSSR count). The molecule has 4 heteroatoms. The van der Waals surface area contributed by atoms with Gasteiger partial charge in [-0.1, -0.05) is 12.1 Å². The Morgan fingerprint density at radius 1 is 1.36 bits per heavy atom. The van der Waals surface area contributed by atoms with E-state index in [9.17, 15) is 14.7 Å². The molecule has 0 bridgehead atoms. The van der Waals surface area contributed by atoms with E-state index in [4.69, 9.17) is 5.11 Å². The second kappa shape index (κ2) is 3.91. The summed E-state index contributed by atoms with van der Waals surface area (Å²) in [5, 5.41) is 17.6. The second-order valence-corrected chi connectivity index (χ2v) is 3.03. The van der Waals surface area contributed by atoms with Gasteiger partial charge in [-0.25, -0.2) is 4.79 Å². The summed E-state index contributed by atoms with van der Waals surface area (Å²) < 4.78 is 0. The van der Waals surface area contributed by atoms with Gasteiger partial charge in [-0.2, -0.15) is 0 Å². The Morgan fingerprint density at radius 2 is 2.00 bits per heavy atom. The van der Waals surface area contributed by atoms with Gasteiger partial charge in [0, 0.05) is 6.42 Å². The molecule has 0 aliphatic rings. The Bertz CT molecular complexity index is 382. The van der Waals surface area contributed by atoms with E-state index < -0.39 is 11.8 Å². The average Bonchev–Trinajstić information content (AvgIpc) is 2.11. The molecule has 0 aromatic heterocycles. The number of phenolic OH excluding ortho intramolecular Hbond substituents is 1. The van der Waals surface area contributed by atoms with Crippen molar-refractivity contribution in [3.63, 3.8) is 0 Å². The lowest BCUT2D eigenvalue weighted by molar-refractivity contribution is -0.148. The minimum absolute atomic E-state index is 0.0701. The molecule has 0 radical (unpaired) electrons. The fraction of sp³-hybridized carbons (Fsp3) is 0.200. The van der Waals surface area contributed by atoms with Gasteiger partial charge in [0.05, 0.1) is 0 Å². The molecule has 74 valence electrons. The van der Waals surface area contributed by atoms with Gasteiger partial charge >= 0.3 is 5.97 Å². The summed E-state index contributed by atoms with van der Waals surface area (Å²) in [6.45, 7) is 1.72. The van der Waals surface area contributed by atoms with E-state index in [1.165, 1.54) is 6.07 Å². The number of phenols is 1. The van der Waals surface area contributed by atoms with Crippen LogP contribution in [0.1, 0.15) is 11.1 Å². The van der Waals surface area contributed by atoms with Crippen LogP contribution in [0.2, 0.25) is 0 Å². The lowest BCUT2D eigenvalue weighted by Crippen LogP contribution is -2.14. The third kappa shape index (κ3) is 2.32. The first-order valence-electron chi connectivity index (χ1n) is 4.05. The van der Waals surface area contributed by atoms with E-state index in [0.717, 1.165) is 0 Å². The molecule has 0 amide bonds. The number of carboxylic acids is 1. The molecule has 4 nitrogen and oxygen atoms in total. The summed E-state index contributed by atoms with van der Waals surface area (Å²) in [6, 6.07) is 4.66. The van der Waals surface area contributed by atoms with E-state index >= 15 is 0 Å². The number of carboxylic acid groups (broad SMARTS) is 1. The fourth-order valence-electron chi connectivity index (χ4n) is 1.03. The van der Waals surface area contributed by atoms with Crippen LogP contribution in [0.25, 0.3) is 0 Å².